The SMILES string of the molecule is C=CCN(CC=C)C(C=C)N(CCO)CCO. The molecular formula is C13H24N2O2. The average Bonchev–Trinajstić information content (AvgIpc) is 2.31. The van der Waals surface area contributed by atoms with Crippen LogP contribution in [0.15, 0.2) is 38.0 Å². The average molecular weight is 240 g/mol. The van der Waals surface area contributed by atoms with Crippen molar-refractivity contribution in [1.82, 2.24) is 9.80 Å². The van der Waals surface area contributed by atoms with Crippen LogP contribution < -0.4 is 0 Å². The van der Waals surface area contributed by atoms with Crippen LogP contribution in [0.25, 0.3) is 0 Å². The summed E-state index contributed by atoms with van der Waals surface area (Å²) in [7, 11) is 0. The van der Waals surface area contributed by atoms with Crippen molar-refractivity contribution in [2.24, 2.45) is 0 Å². The summed E-state index contributed by atoms with van der Waals surface area (Å²) in [5.41, 5.74) is 0. The zero-order chi connectivity index (χ0) is 13.1. The Hall–Kier alpha value is -0.940. The summed E-state index contributed by atoms with van der Waals surface area (Å²) in [5.74, 6) is 0. The van der Waals surface area contributed by atoms with E-state index in [1.807, 2.05) is 17.1 Å². The maximum absolute atomic E-state index is 9.03. The first-order chi connectivity index (χ1) is 8.24. The molecule has 0 heterocycles. The van der Waals surface area contributed by atoms with Crippen LogP contribution in [0.4, 0.5) is 0 Å². The molecule has 0 radical (unpaired) electrons. The zero-order valence-corrected chi connectivity index (χ0v) is 10.5. The molecule has 0 saturated carbocycles. The van der Waals surface area contributed by atoms with Gasteiger partial charge in [0.25, 0.3) is 0 Å². The first-order valence-electron chi connectivity index (χ1n) is 5.79. The van der Waals surface area contributed by atoms with E-state index in [9.17, 15) is 0 Å². The van der Waals surface area contributed by atoms with Crippen molar-refractivity contribution in [3.8, 4) is 0 Å². The van der Waals surface area contributed by atoms with Gasteiger partial charge in [0, 0.05) is 26.2 Å². The molecule has 17 heavy (non-hydrogen) atoms. The fourth-order valence-corrected chi connectivity index (χ4v) is 1.78. The summed E-state index contributed by atoms with van der Waals surface area (Å²) in [6.45, 7) is 13.8. The fraction of sp³-hybridized carbons (Fsp3) is 0.538. The first-order valence-corrected chi connectivity index (χ1v) is 5.79. The Bertz CT molecular complexity index is 215. The summed E-state index contributed by atoms with van der Waals surface area (Å²) in [6.07, 6.45) is 5.40. The second-order valence-electron chi connectivity index (χ2n) is 3.66. The van der Waals surface area contributed by atoms with Gasteiger partial charge in [-0.2, -0.15) is 0 Å². The van der Waals surface area contributed by atoms with Crippen LogP contribution in [-0.4, -0.2) is 65.6 Å². The van der Waals surface area contributed by atoms with Crippen LogP contribution >= 0.6 is 0 Å². The summed E-state index contributed by atoms with van der Waals surface area (Å²) in [6, 6.07) is 0. The summed E-state index contributed by atoms with van der Waals surface area (Å²) in [4.78, 5) is 4.08. The van der Waals surface area contributed by atoms with Gasteiger partial charge < -0.3 is 10.2 Å². The Labute approximate surface area is 104 Å². The quantitative estimate of drug-likeness (QED) is 0.407. The lowest BCUT2D eigenvalue weighted by Gasteiger charge is -2.36. The molecule has 2 N–H and O–H groups in total. The number of rotatable bonds is 11. The van der Waals surface area contributed by atoms with Crippen molar-refractivity contribution >= 4 is 0 Å². The molecule has 4 heteroatoms. The molecule has 1 atom stereocenters. The zero-order valence-electron chi connectivity index (χ0n) is 10.5. The lowest BCUT2D eigenvalue weighted by atomic mass is 10.3. The van der Waals surface area contributed by atoms with Gasteiger partial charge in [0.2, 0.25) is 0 Å². The Balaban J connectivity index is 4.72. The van der Waals surface area contributed by atoms with Gasteiger partial charge in [-0.05, 0) is 0 Å². The predicted octanol–water partition coefficient (Wildman–Crippen LogP) is 0.459. The Morgan fingerprint density at radius 3 is 1.65 bits per heavy atom. The number of aliphatic hydroxyl groups excluding tert-OH is 2. The molecule has 0 spiro atoms. The highest BCUT2D eigenvalue weighted by atomic mass is 16.3. The molecule has 0 bridgehead atoms. The van der Waals surface area contributed by atoms with E-state index in [1.54, 1.807) is 6.08 Å². The summed E-state index contributed by atoms with van der Waals surface area (Å²) >= 11 is 0. The normalized spacial score (nSPS) is 12.7. The largest absolute Gasteiger partial charge is 0.395 e. The second kappa shape index (κ2) is 10.2. The van der Waals surface area contributed by atoms with Crippen LogP contribution in [-0.2, 0) is 0 Å². The van der Waals surface area contributed by atoms with Crippen molar-refractivity contribution < 1.29 is 10.2 Å². The highest BCUT2D eigenvalue weighted by Gasteiger charge is 2.20. The minimum Gasteiger partial charge on any atom is -0.395 e. The molecule has 0 aromatic carbocycles. The van der Waals surface area contributed by atoms with E-state index in [4.69, 9.17) is 10.2 Å². The van der Waals surface area contributed by atoms with Gasteiger partial charge in [-0.1, -0.05) is 18.2 Å². The third-order valence-electron chi connectivity index (χ3n) is 2.46. The monoisotopic (exact) mass is 240 g/mol. The molecule has 0 aromatic rings. The van der Waals surface area contributed by atoms with E-state index in [0.29, 0.717) is 26.2 Å². The molecule has 0 fully saturated rings. The Morgan fingerprint density at radius 2 is 1.35 bits per heavy atom. The third-order valence-corrected chi connectivity index (χ3v) is 2.46. The molecule has 0 amide bonds. The van der Waals surface area contributed by atoms with Gasteiger partial charge >= 0.3 is 0 Å². The van der Waals surface area contributed by atoms with Gasteiger partial charge in [-0.15, -0.1) is 19.7 Å². The van der Waals surface area contributed by atoms with Crippen molar-refractivity contribution in [3.05, 3.63) is 38.0 Å². The van der Waals surface area contributed by atoms with Gasteiger partial charge in [0.15, 0.2) is 0 Å². The van der Waals surface area contributed by atoms with E-state index in [1.165, 1.54) is 0 Å². The van der Waals surface area contributed by atoms with Crippen LogP contribution in [0.3, 0.4) is 0 Å². The molecule has 0 aliphatic carbocycles. The van der Waals surface area contributed by atoms with Crippen LogP contribution in [0.2, 0.25) is 0 Å². The molecule has 1 unspecified atom stereocenters. The van der Waals surface area contributed by atoms with E-state index >= 15 is 0 Å². The molecule has 0 saturated heterocycles. The third kappa shape index (κ3) is 5.79. The van der Waals surface area contributed by atoms with E-state index in [-0.39, 0.29) is 19.4 Å². The molecule has 98 valence electrons. The Morgan fingerprint density at radius 1 is 0.882 bits per heavy atom. The highest BCUT2D eigenvalue weighted by molar-refractivity contribution is 4.93. The number of aliphatic hydroxyl groups is 2. The number of nitrogens with zero attached hydrogens (tertiary/aromatic N) is 2. The minimum atomic E-state index is -0.0368. The van der Waals surface area contributed by atoms with Crippen LogP contribution in [0.1, 0.15) is 0 Å². The van der Waals surface area contributed by atoms with Gasteiger partial charge in [0.05, 0.1) is 19.4 Å². The van der Waals surface area contributed by atoms with Gasteiger partial charge in [-0.25, -0.2) is 0 Å². The topological polar surface area (TPSA) is 46.9 Å². The molecule has 4 nitrogen and oxygen atoms in total. The fourth-order valence-electron chi connectivity index (χ4n) is 1.78. The standard InChI is InChI=1S/C13H24N2O2/c1-4-7-14(8-5-2)13(6-3)15(9-11-16)10-12-17/h4-6,13,16-17H,1-3,7-12H2. The van der Waals surface area contributed by atoms with E-state index in [0.717, 1.165) is 0 Å². The molecule has 0 aliphatic heterocycles. The first kappa shape index (κ1) is 16.1. The second-order valence-corrected chi connectivity index (χ2v) is 3.66. The van der Waals surface area contributed by atoms with Gasteiger partial charge in [-0.3, -0.25) is 9.80 Å². The number of hydrogen-bond donors (Lipinski definition) is 2. The minimum absolute atomic E-state index is 0.0368. The van der Waals surface area contributed by atoms with Gasteiger partial charge in [0.1, 0.15) is 0 Å². The Kier molecular flexibility index (Phi) is 9.66. The highest BCUT2D eigenvalue weighted by Crippen LogP contribution is 2.07. The lowest BCUT2D eigenvalue weighted by molar-refractivity contribution is 0.0609. The van der Waals surface area contributed by atoms with E-state index < -0.39 is 0 Å². The van der Waals surface area contributed by atoms with Crippen molar-refractivity contribution in [3.63, 3.8) is 0 Å². The van der Waals surface area contributed by atoms with Crippen molar-refractivity contribution in [1.29, 1.82) is 0 Å². The molecule has 0 aliphatic rings. The predicted molar refractivity (Wildman–Crippen MR) is 71.7 cm³/mol. The molecule has 0 rings (SSSR count). The van der Waals surface area contributed by atoms with Crippen LogP contribution in [0, 0.1) is 0 Å². The van der Waals surface area contributed by atoms with Crippen molar-refractivity contribution in [2.45, 2.75) is 6.17 Å². The maximum atomic E-state index is 9.03. The summed E-state index contributed by atoms with van der Waals surface area (Å²) in [5, 5.41) is 18.1. The molecular weight excluding hydrogens is 216 g/mol. The van der Waals surface area contributed by atoms with E-state index in [2.05, 4.69) is 24.6 Å². The smallest absolute Gasteiger partial charge is 0.0819 e. The van der Waals surface area contributed by atoms with Crippen molar-refractivity contribution in [2.75, 3.05) is 39.4 Å². The molecule has 0 aromatic heterocycles. The lowest BCUT2D eigenvalue weighted by Crippen LogP contribution is -2.49. The number of hydrogen-bond acceptors (Lipinski definition) is 4. The van der Waals surface area contributed by atoms with Crippen LogP contribution in [0.5, 0.6) is 0 Å². The summed E-state index contributed by atoms with van der Waals surface area (Å²) < 4.78 is 0. The maximum Gasteiger partial charge on any atom is 0.0819 e.